The Kier molecular flexibility index (Phi) is 7.13. The summed E-state index contributed by atoms with van der Waals surface area (Å²) >= 11 is 0. The summed E-state index contributed by atoms with van der Waals surface area (Å²) in [4.78, 5) is 79.8. The first-order valence-electron chi connectivity index (χ1n) is 17.4. The van der Waals surface area contributed by atoms with Crippen molar-refractivity contribution in [2.24, 2.45) is 11.8 Å². The van der Waals surface area contributed by atoms with Gasteiger partial charge in [-0.15, -0.1) is 0 Å². The summed E-state index contributed by atoms with van der Waals surface area (Å²) in [7, 11) is 0. The molecule has 0 aromatic heterocycles. The van der Waals surface area contributed by atoms with Gasteiger partial charge in [0.15, 0.2) is 45.5 Å². The molecule has 2 heterocycles. The van der Waals surface area contributed by atoms with E-state index < -0.39 is 140 Å². The Hall–Kier alpha value is -4.58. The highest BCUT2D eigenvalue weighted by Crippen LogP contribution is 2.73. The van der Waals surface area contributed by atoms with Gasteiger partial charge in [0, 0.05) is 60.1 Å². The number of epoxide rings is 2. The number of aliphatic hydroxyl groups is 4. The molecule has 4 fully saturated rings. The van der Waals surface area contributed by atoms with Crippen molar-refractivity contribution < 1.29 is 78.4 Å². The van der Waals surface area contributed by atoms with Crippen molar-refractivity contribution in [3.05, 3.63) is 46.5 Å². The number of Topliss-reactive ketones (excluding diaryl/α,β-unsaturated/α-hetero) is 4. The van der Waals surface area contributed by atoms with Crippen LogP contribution in [0.15, 0.2) is 24.3 Å². The van der Waals surface area contributed by atoms with Gasteiger partial charge >= 0.3 is 11.9 Å². The van der Waals surface area contributed by atoms with Gasteiger partial charge in [-0.25, -0.2) is 0 Å². The average Bonchev–Trinajstić information content (AvgIpc) is 3.94. The lowest BCUT2D eigenvalue weighted by molar-refractivity contribution is -0.164. The van der Waals surface area contributed by atoms with Gasteiger partial charge < -0.3 is 49.6 Å². The highest BCUT2D eigenvalue weighted by molar-refractivity contribution is 6.18. The number of rotatable bonds is 5. The number of aromatic hydroxyl groups is 2. The number of fused-ring (bicyclic) bond motifs is 2. The number of carbonyl (C=O) groups is 6. The first-order chi connectivity index (χ1) is 25.0. The predicted molar refractivity (Wildman–Crippen MR) is 177 cm³/mol. The maximum atomic E-state index is 14.3. The molecule has 0 bridgehead atoms. The molecular formula is C38H38O16. The van der Waals surface area contributed by atoms with E-state index in [0.29, 0.717) is 0 Å². The third-order valence-corrected chi connectivity index (χ3v) is 12.6. The number of aliphatic hydroxyl groups excluding tert-OH is 2. The normalized spacial score (nSPS) is 40.9. The largest absolute Gasteiger partial charge is 0.507 e. The van der Waals surface area contributed by atoms with E-state index in [9.17, 15) is 59.4 Å². The average molecular weight is 751 g/mol. The predicted octanol–water partition coefficient (Wildman–Crippen LogP) is 0.823. The van der Waals surface area contributed by atoms with E-state index in [0.717, 1.165) is 13.8 Å². The molecule has 2 saturated heterocycles. The molecule has 54 heavy (non-hydrogen) atoms. The van der Waals surface area contributed by atoms with Crippen LogP contribution in [-0.4, -0.2) is 112 Å². The van der Waals surface area contributed by atoms with Gasteiger partial charge in [-0.05, 0) is 39.8 Å². The maximum absolute atomic E-state index is 14.3. The van der Waals surface area contributed by atoms with E-state index in [1.807, 2.05) is 0 Å². The summed E-state index contributed by atoms with van der Waals surface area (Å²) in [6.07, 6.45) is -7.48. The topological polar surface area (TPSA) is 267 Å². The molecule has 2 aromatic carbocycles. The quantitative estimate of drug-likeness (QED) is 0.182. The summed E-state index contributed by atoms with van der Waals surface area (Å²) in [6.45, 7) is 7.69. The van der Waals surface area contributed by atoms with E-state index in [1.54, 1.807) is 0 Å². The fourth-order valence-corrected chi connectivity index (χ4v) is 10.9. The molecule has 6 N–H and O–H groups in total. The summed E-state index contributed by atoms with van der Waals surface area (Å²) < 4.78 is 22.5. The van der Waals surface area contributed by atoms with Crippen LogP contribution in [-0.2, 0) is 38.1 Å². The van der Waals surface area contributed by atoms with Gasteiger partial charge in [-0.3, -0.25) is 28.8 Å². The van der Waals surface area contributed by atoms with Crippen molar-refractivity contribution in [1.29, 1.82) is 0 Å². The molecule has 2 aliphatic heterocycles. The van der Waals surface area contributed by atoms with Crippen LogP contribution in [0.2, 0.25) is 0 Å². The van der Waals surface area contributed by atoms with Crippen molar-refractivity contribution >= 4 is 35.1 Å². The van der Waals surface area contributed by atoms with Gasteiger partial charge in [0.2, 0.25) is 0 Å². The number of ether oxygens (including phenoxy) is 4. The zero-order chi connectivity index (χ0) is 39.6. The number of benzene rings is 2. The molecule has 2 aromatic rings. The van der Waals surface area contributed by atoms with Crippen molar-refractivity contribution in [2.75, 3.05) is 0 Å². The van der Waals surface area contributed by atoms with E-state index in [-0.39, 0.29) is 22.3 Å². The fourth-order valence-electron chi connectivity index (χ4n) is 10.9. The van der Waals surface area contributed by atoms with Crippen LogP contribution in [0.5, 0.6) is 11.5 Å². The summed E-state index contributed by atoms with van der Waals surface area (Å²) in [5.74, 6) is -9.02. The molecule has 4 aliphatic carbocycles. The minimum Gasteiger partial charge on any atom is -0.507 e. The number of hydrogen-bond acceptors (Lipinski definition) is 16. The number of hydrogen-bond donors (Lipinski definition) is 6. The van der Waals surface area contributed by atoms with Gasteiger partial charge in [-0.1, -0.05) is 12.1 Å². The van der Waals surface area contributed by atoms with Crippen LogP contribution in [0.4, 0.5) is 0 Å². The second kappa shape index (κ2) is 10.6. The minimum atomic E-state index is -2.26. The number of phenolic OH excluding ortho intramolecular Hbond substituents is 2. The Morgan fingerprint density at radius 2 is 0.963 bits per heavy atom. The Labute approximate surface area is 306 Å². The molecule has 6 aliphatic rings. The van der Waals surface area contributed by atoms with Crippen molar-refractivity contribution in [1.82, 2.24) is 0 Å². The Morgan fingerprint density at radius 1 is 0.648 bits per heavy atom. The molecule has 286 valence electrons. The smallest absolute Gasteiger partial charge is 0.302 e. The Balaban J connectivity index is 1.24. The second-order valence-electron chi connectivity index (χ2n) is 16.0. The van der Waals surface area contributed by atoms with E-state index >= 15 is 0 Å². The zero-order valence-electron chi connectivity index (χ0n) is 30.0. The molecular weight excluding hydrogens is 712 g/mol. The van der Waals surface area contributed by atoms with Gasteiger partial charge in [-0.2, -0.15) is 0 Å². The monoisotopic (exact) mass is 750 g/mol. The van der Waals surface area contributed by atoms with Crippen molar-refractivity contribution in [2.45, 2.75) is 112 Å². The van der Waals surface area contributed by atoms with Crippen molar-refractivity contribution in [3.63, 3.8) is 0 Å². The van der Waals surface area contributed by atoms with Gasteiger partial charge in [0.25, 0.3) is 0 Å². The number of esters is 2. The third-order valence-electron chi connectivity index (χ3n) is 12.6. The van der Waals surface area contributed by atoms with Gasteiger partial charge in [0.1, 0.15) is 35.9 Å². The lowest BCUT2D eigenvalue weighted by Gasteiger charge is -2.46. The zero-order valence-corrected chi connectivity index (χ0v) is 30.0. The molecule has 2 saturated carbocycles. The molecule has 16 nitrogen and oxygen atoms in total. The van der Waals surface area contributed by atoms with E-state index in [1.165, 1.54) is 52.0 Å². The van der Waals surface area contributed by atoms with Crippen LogP contribution < -0.4 is 0 Å². The van der Waals surface area contributed by atoms with Crippen LogP contribution in [0.1, 0.15) is 98.4 Å². The first kappa shape index (κ1) is 36.4. The number of ketones is 4. The lowest BCUT2D eigenvalue weighted by atomic mass is 9.55. The molecule has 0 amide bonds. The Morgan fingerprint density at radius 3 is 1.28 bits per heavy atom. The molecule has 0 unspecified atom stereocenters. The minimum absolute atomic E-state index is 0.213. The molecule has 16 heteroatoms. The van der Waals surface area contributed by atoms with E-state index in [4.69, 9.17) is 18.9 Å². The summed E-state index contributed by atoms with van der Waals surface area (Å²) in [5.41, 5.74) is -14.5. The number of phenols is 2. The van der Waals surface area contributed by atoms with Crippen LogP contribution in [0, 0.1) is 11.8 Å². The molecule has 8 rings (SSSR count). The van der Waals surface area contributed by atoms with Crippen molar-refractivity contribution in [3.8, 4) is 22.6 Å². The second-order valence-corrected chi connectivity index (χ2v) is 16.0. The van der Waals surface area contributed by atoms with E-state index in [2.05, 4.69) is 0 Å². The Bertz CT molecular complexity index is 2020. The molecule has 0 radical (unpaired) electrons. The molecule has 12 atom stereocenters. The van der Waals surface area contributed by atoms with Gasteiger partial charge in [0.05, 0.1) is 23.0 Å². The third kappa shape index (κ3) is 3.92. The first-order valence-corrected chi connectivity index (χ1v) is 17.4. The summed E-state index contributed by atoms with van der Waals surface area (Å²) in [5, 5.41) is 70.0. The van der Waals surface area contributed by atoms with Crippen LogP contribution in [0.25, 0.3) is 11.1 Å². The molecule has 0 spiro atoms. The lowest BCUT2D eigenvalue weighted by Crippen LogP contribution is -2.65. The standard InChI is InChI=1S/C38H38O16/c1-13(51-15(3)39)27-33(5,49)11-21(41)35-31(47)23-19(29(45)37(27,35)53-35)9-7-17(25(23)43)18-8-10-20-24(26(18)44)32(48)36-22(42)12-34(6,50)28(14(2)52-16(4)40)38(36,54-36)30(20)46/h7-10,13-14,27-28,31-32,43-44,47-50H,11-12H2,1-6H3/t13-,14-,27+,28+,31-,32-,33+,34+,35-,36-,37+,38+/m1/s1. The maximum Gasteiger partial charge on any atom is 0.302 e. The SMILES string of the molecule is CC(=O)O[C@H](C)[C@H]1[C@@](C)(O)CC(=O)[C@]23O[C@]12C(=O)c1ccc(-c2ccc4c(c2O)[C@@H](O)[C@@]25O[C@]2(C4=O)[C@@H]([C@@H](C)OC(C)=O)[C@@](C)(O)CC5=O)c(O)c1[C@H]3O. The highest BCUT2D eigenvalue weighted by atomic mass is 16.7. The van der Waals surface area contributed by atoms with Crippen LogP contribution >= 0.6 is 0 Å². The van der Waals surface area contributed by atoms with Crippen LogP contribution in [0.3, 0.4) is 0 Å². The fraction of sp³-hybridized carbons (Fsp3) is 0.526. The number of carbonyl (C=O) groups excluding carboxylic acids is 6. The highest BCUT2D eigenvalue weighted by Gasteiger charge is 2.92. The summed E-state index contributed by atoms with van der Waals surface area (Å²) in [6, 6.07) is 4.85.